The number of benzene rings is 1. The van der Waals surface area contributed by atoms with Crippen molar-refractivity contribution in [3.8, 4) is 0 Å². The molecule has 2 aromatic heterocycles. The van der Waals surface area contributed by atoms with Gasteiger partial charge in [-0.2, -0.15) is 0 Å². The fourth-order valence-corrected chi connectivity index (χ4v) is 3.76. The Morgan fingerprint density at radius 3 is 3.04 bits per heavy atom. The molecule has 0 aliphatic carbocycles. The van der Waals surface area contributed by atoms with Crippen molar-refractivity contribution >= 4 is 45.0 Å². The molecule has 0 N–H and O–H groups in total. The zero-order valence-corrected chi connectivity index (χ0v) is 14.8. The Labute approximate surface area is 151 Å². The fraction of sp³-hybridized carbons (Fsp3) is 0.188. The molecule has 0 spiro atoms. The topological polar surface area (TPSA) is 95.2 Å². The minimum absolute atomic E-state index is 0.0318. The van der Waals surface area contributed by atoms with Crippen LogP contribution in [0.5, 0.6) is 0 Å². The molecule has 1 atom stereocenters. The molecule has 0 saturated carbocycles. The Morgan fingerprint density at radius 2 is 2.24 bits per heavy atom. The lowest BCUT2D eigenvalue weighted by atomic mass is 10.1. The van der Waals surface area contributed by atoms with Crippen LogP contribution in [0.3, 0.4) is 0 Å². The van der Waals surface area contributed by atoms with E-state index in [0.717, 1.165) is 15.2 Å². The molecule has 3 aromatic rings. The Kier molecular flexibility index (Phi) is 5.25. The largest absolute Gasteiger partial charge is 0.457 e. The van der Waals surface area contributed by atoms with Crippen molar-refractivity contribution in [1.82, 2.24) is 9.97 Å². The van der Waals surface area contributed by atoms with Gasteiger partial charge in [-0.25, -0.2) is 9.97 Å². The first-order valence-electron chi connectivity index (χ1n) is 7.29. The van der Waals surface area contributed by atoms with Crippen LogP contribution >= 0.6 is 23.1 Å². The molecule has 7 nitrogen and oxygen atoms in total. The van der Waals surface area contributed by atoms with Crippen molar-refractivity contribution in [2.24, 2.45) is 0 Å². The summed E-state index contributed by atoms with van der Waals surface area (Å²) in [6.45, 7) is 1.68. The van der Waals surface area contributed by atoms with Gasteiger partial charge in [0, 0.05) is 17.5 Å². The number of hydrogen-bond acceptors (Lipinski definition) is 8. The summed E-state index contributed by atoms with van der Waals surface area (Å²) in [6.07, 6.45) is 0.901. The van der Waals surface area contributed by atoms with Gasteiger partial charge in [0.25, 0.3) is 5.69 Å². The molecule has 0 aliphatic heterocycles. The van der Waals surface area contributed by atoms with Gasteiger partial charge in [0.1, 0.15) is 22.3 Å². The van der Waals surface area contributed by atoms with Crippen LogP contribution in [0.2, 0.25) is 0 Å². The number of non-ortho nitro benzene ring substituents is 1. The van der Waals surface area contributed by atoms with Crippen molar-refractivity contribution in [3.05, 3.63) is 57.7 Å². The second-order valence-corrected chi connectivity index (χ2v) is 6.95. The predicted molar refractivity (Wildman–Crippen MR) is 95.7 cm³/mol. The number of rotatable bonds is 6. The van der Waals surface area contributed by atoms with E-state index in [0.29, 0.717) is 5.56 Å². The van der Waals surface area contributed by atoms with Crippen LogP contribution in [0, 0.1) is 10.1 Å². The van der Waals surface area contributed by atoms with E-state index in [-0.39, 0.29) is 11.4 Å². The van der Waals surface area contributed by atoms with Gasteiger partial charge in [0.15, 0.2) is 0 Å². The SMILES string of the molecule is C[C@H](OC(=O)CSc1ncnc2sccc12)c1cccc([N+](=O)[O-])c1. The highest BCUT2D eigenvalue weighted by Crippen LogP contribution is 2.28. The number of fused-ring (bicyclic) bond motifs is 1. The number of thiophene rings is 1. The van der Waals surface area contributed by atoms with Gasteiger partial charge < -0.3 is 4.74 Å². The third kappa shape index (κ3) is 4.12. The van der Waals surface area contributed by atoms with Crippen LogP contribution in [-0.4, -0.2) is 26.6 Å². The quantitative estimate of drug-likeness (QED) is 0.211. The lowest BCUT2D eigenvalue weighted by Crippen LogP contribution is -2.11. The van der Waals surface area contributed by atoms with Crippen LogP contribution in [-0.2, 0) is 9.53 Å². The maximum atomic E-state index is 12.1. The Bertz CT molecular complexity index is 928. The third-order valence-corrected chi connectivity index (χ3v) is 5.21. The average molecular weight is 375 g/mol. The molecule has 0 radical (unpaired) electrons. The molecular weight excluding hydrogens is 362 g/mol. The zero-order valence-electron chi connectivity index (χ0n) is 13.1. The van der Waals surface area contributed by atoms with E-state index >= 15 is 0 Å². The van der Waals surface area contributed by atoms with E-state index in [1.165, 1.54) is 41.6 Å². The number of carbonyl (C=O) groups is 1. The maximum absolute atomic E-state index is 12.1. The van der Waals surface area contributed by atoms with E-state index < -0.39 is 17.0 Å². The number of esters is 1. The summed E-state index contributed by atoms with van der Waals surface area (Å²) in [5, 5.41) is 14.4. The lowest BCUT2D eigenvalue weighted by molar-refractivity contribution is -0.385. The molecule has 2 heterocycles. The molecule has 0 saturated heterocycles. The Morgan fingerprint density at radius 1 is 1.40 bits per heavy atom. The van der Waals surface area contributed by atoms with Gasteiger partial charge in [-0.05, 0) is 23.9 Å². The third-order valence-electron chi connectivity index (χ3n) is 3.41. The summed E-state index contributed by atoms with van der Waals surface area (Å²) in [5.74, 6) is -0.313. The normalized spacial score (nSPS) is 12.0. The van der Waals surface area contributed by atoms with Crippen LogP contribution in [0.4, 0.5) is 5.69 Å². The van der Waals surface area contributed by atoms with Gasteiger partial charge in [0.2, 0.25) is 0 Å². The van der Waals surface area contributed by atoms with Crippen LogP contribution in [0.15, 0.2) is 47.1 Å². The predicted octanol–water partition coefficient (Wildman–Crippen LogP) is 4.00. The molecule has 1 aromatic carbocycles. The smallest absolute Gasteiger partial charge is 0.316 e. The monoisotopic (exact) mass is 375 g/mol. The van der Waals surface area contributed by atoms with Gasteiger partial charge in [-0.1, -0.05) is 23.9 Å². The minimum atomic E-state index is -0.570. The van der Waals surface area contributed by atoms with Gasteiger partial charge in [0.05, 0.1) is 10.7 Å². The lowest BCUT2D eigenvalue weighted by Gasteiger charge is -2.13. The second-order valence-electron chi connectivity index (χ2n) is 5.09. The number of aromatic nitrogens is 2. The first-order chi connectivity index (χ1) is 12.0. The molecule has 0 bridgehead atoms. The number of thioether (sulfide) groups is 1. The molecule has 25 heavy (non-hydrogen) atoms. The van der Waals surface area contributed by atoms with E-state index in [2.05, 4.69) is 9.97 Å². The molecule has 0 fully saturated rings. The highest BCUT2D eigenvalue weighted by molar-refractivity contribution is 8.00. The number of hydrogen-bond donors (Lipinski definition) is 0. The molecule has 0 unspecified atom stereocenters. The molecular formula is C16H13N3O4S2. The number of ether oxygens (including phenoxy) is 1. The standard InChI is InChI=1S/C16H13N3O4S2/c1-10(11-3-2-4-12(7-11)19(21)22)23-14(20)8-25-16-13-5-6-24-15(13)17-9-18-16/h2-7,9-10H,8H2,1H3/t10-/m0/s1. The summed E-state index contributed by atoms with van der Waals surface area (Å²) in [6, 6.07) is 7.98. The first-order valence-corrected chi connectivity index (χ1v) is 9.16. The van der Waals surface area contributed by atoms with Gasteiger partial charge in [-0.3, -0.25) is 14.9 Å². The highest BCUT2D eigenvalue weighted by Gasteiger charge is 2.16. The molecule has 9 heteroatoms. The minimum Gasteiger partial charge on any atom is -0.457 e. The van der Waals surface area contributed by atoms with Crippen molar-refractivity contribution in [2.45, 2.75) is 18.1 Å². The summed E-state index contributed by atoms with van der Waals surface area (Å²) in [5.41, 5.74) is 0.547. The number of carbonyl (C=O) groups excluding carboxylic acids is 1. The first kappa shape index (κ1) is 17.3. The number of nitrogens with zero attached hydrogens (tertiary/aromatic N) is 3. The highest BCUT2D eigenvalue weighted by atomic mass is 32.2. The fourth-order valence-electron chi connectivity index (χ4n) is 2.20. The van der Waals surface area contributed by atoms with Gasteiger partial charge >= 0.3 is 5.97 Å². The number of nitro benzene ring substituents is 1. The molecule has 3 rings (SSSR count). The number of nitro groups is 1. The zero-order chi connectivity index (χ0) is 17.8. The van der Waals surface area contributed by atoms with Crippen LogP contribution in [0.25, 0.3) is 10.2 Å². The molecule has 0 aliphatic rings. The van der Waals surface area contributed by atoms with Crippen molar-refractivity contribution < 1.29 is 14.5 Å². The van der Waals surface area contributed by atoms with E-state index in [1.54, 1.807) is 19.1 Å². The van der Waals surface area contributed by atoms with E-state index in [1.807, 2.05) is 11.4 Å². The van der Waals surface area contributed by atoms with Crippen molar-refractivity contribution in [2.75, 3.05) is 5.75 Å². The summed E-state index contributed by atoms with van der Waals surface area (Å²) < 4.78 is 5.36. The van der Waals surface area contributed by atoms with Crippen LogP contribution < -0.4 is 0 Å². The van der Waals surface area contributed by atoms with Crippen molar-refractivity contribution in [3.63, 3.8) is 0 Å². The summed E-state index contributed by atoms with van der Waals surface area (Å²) in [7, 11) is 0. The van der Waals surface area contributed by atoms with E-state index in [4.69, 9.17) is 4.74 Å². The molecule has 0 amide bonds. The average Bonchev–Trinajstić information content (AvgIpc) is 3.09. The van der Waals surface area contributed by atoms with Crippen molar-refractivity contribution in [1.29, 1.82) is 0 Å². The summed E-state index contributed by atoms with van der Waals surface area (Å²) in [4.78, 5) is 31.7. The maximum Gasteiger partial charge on any atom is 0.316 e. The second kappa shape index (κ2) is 7.58. The van der Waals surface area contributed by atoms with Gasteiger partial charge in [-0.15, -0.1) is 11.3 Å². The Hall–Kier alpha value is -2.52. The summed E-state index contributed by atoms with van der Waals surface area (Å²) >= 11 is 2.79. The molecule has 128 valence electrons. The van der Waals surface area contributed by atoms with E-state index in [9.17, 15) is 14.9 Å². The Balaban J connectivity index is 1.61. The van der Waals surface area contributed by atoms with Crippen LogP contribution in [0.1, 0.15) is 18.6 Å².